The van der Waals surface area contributed by atoms with Crippen molar-refractivity contribution < 1.29 is 4.74 Å². The van der Waals surface area contributed by atoms with Gasteiger partial charge in [-0.2, -0.15) is 10.2 Å². The van der Waals surface area contributed by atoms with Gasteiger partial charge in [-0.25, -0.2) is 14.6 Å². The minimum atomic E-state index is 0.0660. The number of hydrogen-bond acceptors (Lipinski definition) is 10. The van der Waals surface area contributed by atoms with Gasteiger partial charge in [0, 0.05) is 110 Å². The third-order valence-corrected chi connectivity index (χ3v) is 13.6. The molecule has 0 aliphatic carbocycles. The smallest absolute Gasteiger partial charge is 0.137 e. The van der Waals surface area contributed by atoms with Crippen LogP contribution in [0.15, 0.2) is 74.4 Å². The maximum Gasteiger partial charge on any atom is 0.137 e. The largest absolute Gasteiger partial charge is 0.379 e. The summed E-state index contributed by atoms with van der Waals surface area (Å²) in [4.78, 5) is 17.9. The molecule has 0 radical (unpaired) electrons. The number of nitrogens with zero attached hydrogens (tertiary/aromatic N) is 12. The molecule has 4 saturated heterocycles. The first-order chi connectivity index (χ1) is 34.8. The van der Waals surface area contributed by atoms with E-state index in [1.54, 1.807) is 25.0 Å². The lowest BCUT2D eigenvalue weighted by atomic mass is 10.1. The zero-order valence-corrected chi connectivity index (χ0v) is 53.9. The van der Waals surface area contributed by atoms with E-state index in [1.165, 1.54) is 77.8 Å². The molecule has 76 heavy (non-hydrogen) atoms. The van der Waals surface area contributed by atoms with Crippen LogP contribution < -0.4 is 5.32 Å². The van der Waals surface area contributed by atoms with Crippen molar-refractivity contribution in [3.63, 3.8) is 0 Å². The number of rotatable bonds is 0. The molecule has 8 rings (SSSR count). The van der Waals surface area contributed by atoms with Crippen LogP contribution in [0.2, 0.25) is 0 Å². The van der Waals surface area contributed by atoms with Crippen LogP contribution >= 0.6 is 0 Å². The van der Waals surface area contributed by atoms with Crippen molar-refractivity contribution in [2.75, 3.05) is 78.7 Å². The van der Waals surface area contributed by atoms with E-state index in [1.807, 2.05) is 46.3 Å². The first-order valence-electron chi connectivity index (χ1n) is 29.1. The quantitative estimate of drug-likeness (QED) is 0.183. The molecular weight excluding hydrogens is 943 g/mol. The summed E-state index contributed by atoms with van der Waals surface area (Å²) in [5.74, 6) is 0. The second-order valence-corrected chi connectivity index (χ2v) is 28.6. The highest BCUT2D eigenvalue weighted by molar-refractivity contribution is 4.95. The number of morpholine rings is 1. The van der Waals surface area contributed by atoms with Crippen LogP contribution in [0.5, 0.6) is 0 Å². The molecule has 0 amide bonds. The predicted molar refractivity (Wildman–Crippen MR) is 326 cm³/mol. The summed E-state index contributed by atoms with van der Waals surface area (Å²) in [7, 11) is 0. The molecule has 0 spiro atoms. The molecule has 0 bridgehead atoms. The normalized spacial score (nSPS) is 17.8. The molecule has 0 aromatic carbocycles. The highest BCUT2D eigenvalue weighted by Crippen LogP contribution is 2.21. The number of piperazine rings is 1. The Morgan fingerprint density at radius 3 is 1.00 bits per heavy atom. The van der Waals surface area contributed by atoms with Crippen LogP contribution in [0.3, 0.4) is 0 Å². The lowest BCUT2D eigenvalue weighted by Crippen LogP contribution is -2.51. The van der Waals surface area contributed by atoms with Crippen LogP contribution in [0.4, 0.5) is 0 Å². The van der Waals surface area contributed by atoms with E-state index in [4.69, 9.17) is 4.74 Å². The van der Waals surface area contributed by atoms with E-state index in [-0.39, 0.29) is 22.2 Å². The van der Waals surface area contributed by atoms with Gasteiger partial charge >= 0.3 is 0 Å². The average molecular weight is 1060 g/mol. The van der Waals surface area contributed by atoms with Crippen LogP contribution in [-0.2, 0) is 26.9 Å². The van der Waals surface area contributed by atoms with Crippen molar-refractivity contribution >= 4 is 0 Å². The molecule has 4 aliphatic heterocycles. The molecule has 4 aliphatic rings. The van der Waals surface area contributed by atoms with E-state index in [2.05, 4.69) is 233 Å². The fourth-order valence-corrected chi connectivity index (χ4v) is 8.36. The van der Waals surface area contributed by atoms with Gasteiger partial charge < -0.3 is 19.2 Å². The molecule has 4 aromatic heterocycles. The lowest BCUT2D eigenvalue weighted by Gasteiger charge is -2.38. The van der Waals surface area contributed by atoms with Gasteiger partial charge in [0.25, 0.3) is 0 Å². The topological polar surface area (TPSA) is 106 Å². The summed E-state index contributed by atoms with van der Waals surface area (Å²) in [6.07, 6.45) is 25.3. The second-order valence-electron chi connectivity index (χ2n) is 28.6. The van der Waals surface area contributed by atoms with Crippen LogP contribution in [0.1, 0.15) is 205 Å². The molecule has 14 nitrogen and oxygen atoms in total. The van der Waals surface area contributed by atoms with E-state index >= 15 is 0 Å². The van der Waals surface area contributed by atoms with Gasteiger partial charge in [0.1, 0.15) is 12.7 Å². The third-order valence-electron chi connectivity index (χ3n) is 13.6. The minimum Gasteiger partial charge on any atom is -0.379 e. The van der Waals surface area contributed by atoms with Crippen LogP contribution in [-0.4, -0.2) is 159 Å². The fourth-order valence-electron chi connectivity index (χ4n) is 8.36. The monoisotopic (exact) mass is 1060 g/mol. The highest BCUT2D eigenvalue weighted by atomic mass is 16.5. The standard InChI is InChI=1S/C10H21N.C8H18N2.C8H17NO.C8H17N.C8H13N.2C7H12N2.C6H11N3/c1-10(2,3)11-8-6-4-5-7-9-11;1-8(2,3)10-6-4-9-5-7-10;1-8(2,3)9-4-6-10-7-5-9;2*1-8(2,3)9-6-4-5-7-9;1-7(2,3)9-5-4-8-6-9;1-7(2,3)9-6-4-5-8-9;1-6(2,3)9-5-7-4-8-9/h4-9H2,1-3H3;9H,4-7H2,1-3H3;4-7H2,1-3H3;4-7H2,1-3H3;4-7H,1-3H3;2*4-6H,1-3H3;4-5H,1-3H3. The predicted octanol–water partition coefficient (Wildman–Crippen LogP) is 12.9. The Kier molecular flexibility index (Phi) is 30.3. The third kappa shape index (κ3) is 31.3. The van der Waals surface area contributed by atoms with Gasteiger partial charge in [0.15, 0.2) is 0 Å². The summed E-state index contributed by atoms with van der Waals surface area (Å²) >= 11 is 0. The SMILES string of the molecule is CC(C)(C)N1CCCC1.CC(C)(C)N1CCCCCC1.CC(C)(C)N1CCNCC1.CC(C)(C)N1CCOCC1.CC(C)(C)n1cccc1.CC(C)(C)n1cccn1.CC(C)(C)n1ccnc1.CC(C)(C)n1cncn1. The molecule has 4 aromatic rings. The zero-order chi connectivity index (χ0) is 58.1. The maximum absolute atomic E-state index is 5.25. The Balaban J connectivity index is 0.000000435. The molecule has 1 N–H and O–H groups in total. The molecule has 4 fully saturated rings. The Morgan fingerprint density at radius 1 is 0.342 bits per heavy atom. The number of imidazole rings is 1. The first-order valence-corrected chi connectivity index (χ1v) is 29.1. The Morgan fingerprint density at radius 2 is 0.750 bits per heavy atom. The van der Waals surface area contributed by atoms with E-state index in [0.29, 0.717) is 22.2 Å². The van der Waals surface area contributed by atoms with Crippen molar-refractivity contribution in [1.82, 2.24) is 63.6 Å². The second kappa shape index (κ2) is 32.6. The summed E-state index contributed by atoms with van der Waals surface area (Å²) in [5, 5.41) is 11.4. The van der Waals surface area contributed by atoms with Crippen molar-refractivity contribution in [1.29, 1.82) is 0 Å². The molecule has 0 atom stereocenters. The molecular formula is C62H121N13O. The van der Waals surface area contributed by atoms with Gasteiger partial charge in [0.05, 0.1) is 30.6 Å². The Bertz CT molecular complexity index is 1720. The lowest BCUT2D eigenvalue weighted by molar-refractivity contribution is -0.00389. The van der Waals surface area contributed by atoms with Gasteiger partial charge in [-0.3, -0.25) is 24.3 Å². The average Bonchev–Trinajstić information content (AvgIpc) is 4.16. The van der Waals surface area contributed by atoms with Crippen LogP contribution in [0.25, 0.3) is 0 Å². The number of aromatic nitrogens is 8. The Labute approximate surface area is 468 Å². The number of hydrogen-bond donors (Lipinski definition) is 1. The maximum atomic E-state index is 5.25. The van der Waals surface area contributed by atoms with Gasteiger partial charge in [-0.05, 0) is 236 Å². The van der Waals surface area contributed by atoms with Gasteiger partial charge in [0.2, 0.25) is 0 Å². The molecule has 14 heteroatoms. The molecule has 0 unspecified atom stereocenters. The Hall–Kier alpha value is -3.40. The van der Waals surface area contributed by atoms with Crippen molar-refractivity contribution in [3.05, 3.63) is 74.4 Å². The van der Waals surface area contributed by atoms with Crippen molar-refractivity contribution in [2.24, 2.45) is 0 Å². The first kappa shape index (κ1) is 70.6. The van der Waals surface area contributed by atoms with E-state index < -0.39 is 0 Å². The number of nitrogens with one attached hydrogen (secondary N) is 1. The van der Waals surface area contributed by atoms with Crippen LogP contribution in [0, 0.1) is 0 Å². The summed E-state index contributed by atoms with van der Waals surface area (Å²) in [6, 6.07) is 6.03. The number of likely N-dealkylation sites (tertiary alicyclic amines) is 2. The summed E-state index contributed by atoms with van der Waals surface area (Å²) < 4.78 is 13.3. The summed E-state index contributed by atoms with van der Waals surface area (Å²) in [5.41, 5.74) is 2.10. The van der Waals surface area contributed by atoms with Gasteiger partial charge in [-0.1, -0.05) is 12.8 Å². The fraction of sp³-hybridized carbons (Fsp3) is 0.806. The zero-order valence-electron chi connectivity index (χ0n) is 53.9. The van der Waals surface area contributed by atoms with Gasteiger partial charge in [-0.15, -0.1) is 0 Å². The summed E-state index contributed by atoms with van der Waals surface area (Å²) in [6.45, 7) is 66.9. The minimum absolute atomic E-state index is 0.0660. The molecule has 440 valence electrons. The highest BCUT2D eigenvalue weighted by Gasteiger charge is 2.25. The van der Waals surface area contributed by atoms with E-state index in [0.717, 1.165) is 39.4 Å². The molecule has 8 heterocycles. The molecule has 0 saturated carbocycles. The number of ether oxygens (including phenoxy) is 1. The van der Waals surface area contributed by atoms with E-state index in [9.17, 15) is 0 Å². The van der Waals surface area contributed by atoms with Crippen molar-refractivity contribution in [2.45, 2.75) is 249 Å². The van der Waals surface area contributed by atoms with Crippen molar-refractivity contribution in [3.8, 4) is 0 Å².